The van der Waals surface area contributed by atoms with Crippen molar-refractivity contribution in [2.45, 2.75) is 92.9 Å². The Morgan fingerprint density at radius 3 is 1.04 bits per heavy atom. The largest absolute Gasteiger partial charge is 3.00 e. The van der Waals surface area contributed by atoms with Crippen molar-refractivity contribution in [2.24, 2.45) is 10.8 Å². The Labute approximate surface area is 306 Å². The fourth-order valence-corrected chi connectivity index (χ4v) is 7.04. The normalized spacial score (nSPS) is 12.2. The number of hydrogen-bond donors (Lipinski definition) is 0. The minimum Gasteiger partial charge on any atom is -1.00 e. The molecule has 0 bridgehead atoms. The summed E-state index contributed by atoms with van der Waals surface area (Å²) in [6.45, 7) is 22.8. The number of para-hydroxylation sites is 2. The Morgan fingerprint density at radius 1 is 0.479 bits per heavy atom. The van der Waals surface area contributed by atoms with Gasteiger partial charge in [0.25, 0.3) is 0 Å². The third-order valence-corrected chi connectivity index (χ3v) is 8.04. The number of halogens is 1. The van der Waals surface area contributed by atoms with E-state index in [2.05, 4.69) is 114 Å². The molecule has 0 spiro atoms. The van der Waals surface area contributed by atoms with Gasteiger partial charge in [0.1, 0.15) is 22.1 Å². The van der Waals surface area contributed by atoms with E-state index in [9.17, 15) is 0 Å². The van der Waals surface area contributed by atoms with Gasteiger partial charge in [0.2, 0.25) is 0 Å². The topological polar surface area (TPSA) is 61.4 Å². The van der Waals surface area contributed by atoms with Gasteiger partial charge >= 0.3 is 20.1 Å². The zero-order valence-corrected chi connectivity index (χ0v) is 33.0. The third-order valence-electron chi connectivity index (χ3n) is 8.04. The summed E-state index contributed by atoms with van der Waals surface area (Å²) in [6.07, 6.45) is 2.15. The van der Waals surface area contributed by atoms with E-state index in [-0.39, 0.29) is 54.2 Å². The Hall–Kier alpha value is -3.38. The van der Waals surface area contributed by atoms with Gasteiger partial charge in [0.15, 0.2) is 0 Å². The second kappa shape index (κ2) is 15.0. The van der Waals surface area contributed by atoms with E-state index in [0.29, 0.717) is 0 Å². The van der Waals surface area contributed by atoms with Gasteiger partial charge in [0.05, 0.1) is 0 Å². The van der Waals surface area contributed by atoms with Gasteiger partial charge in [-0.15, -0.1) is 11.1 Å². The molecule has 6 aromatic rings. The van der Waals surface area contributed by atoms with Crippen LogP contribution in [0.4, 0.5) is 0 Å². The van der Waals surface area contributed by atoms with Crippen LogP contribution < -0.4 is 12.4 Å². The molecule has 8 heteroatoms. The molecule has 0 unspecified atom stereocenters. The number of fused-ring (bicyclic) bond motifs is 2. The second-order valence-electron chi connectivity index (χ2n) is 16.1. The monoisotopic (exact) mass is 840 g/mol. The molecule has 0 saturated carbocycles. The van der Waals surface area contributed by atoms with Gasteiger partial charge in [-0.1, -0.05) is 104 Å². The van der Waals surface area contributed by atoms with Crippen molar-refractivity contribution in [3.8, 4) is 11.4 Å². The first-order valence-electron chi connectivity index (χ1n) is 16.2. The standard InChI is InChI=1S/2C20H24N3.ClH.Ir/c2*1-19(2,3)14-20(4,5)15-10-6-9-13-18(15)23-21-16-11-7-8-12-17(16)22-23;;/h2*6-12H,14H2,1-5H3;1H;/q2*-1;;+3/p-1. The molecule has 254 valence electrons. The van der Waals surface area contributed by atoms with Crippen LogP contribution in [-0.4, -0.2) is 30.0 Å². The van der Waals surface area contributed by atoms with Crippen LogP contribution in [-0.2, 0) is 30.9 Å². The first-order chi connectivity index (χ1) is 21.5. The van der Waals surface area contributed by atoms with E-state index in [1.165, 1.54) is 11.1 Å². The van der Waals surface area contributed by atoms with Gasteiger partial charge < -0.3 is 12.4 Å². The molecule has 0 amide bonds. The summed E-state index contributed by atoms with van der Waals surface area (Å²) < 4.78 is 0. The number of rotatable bonds is 6. The molecule has 2 aromatic heterocycles. The Balaban J connectivity index is 0.000000250. The molecule has 0 atom stereocenters. The number of nitrogens with zero attached hydrogens (tertiary/aromatic N) is 6. The molecule has 0 saturated heterocycles. The number of benzene rings is 4. The molecule has 0 aliphatic rings. The second-order valence-corrected chi connectivity index (χ2v) is 16.1. The van der Waals surface area contributed by atoms with Crippen molar-refractivity contribution in [3.63, 3.8) is 0 Å². The van der Waals surface area contributed by atoms with Crippen LogP contribution in [0.25, 0.3) is 33.4 Å². The molecule has 0 aliphatic carbocycles. The maximum absolute atomic E-state index is 4.63. The van der Waals surface area contributed by atoms with Crippen LogP contribution in [0.15, 0.2) is 84.9 Å². The molecular weight excluding hydrogens is 792 g/mol. The number of aromatic nitrogens is 6. The predicted octanol–water partition coefficient (Wildman–Crippen LogP) is 6.87. The minimum atomic E-state index is 0. The molecule has 2 heterocycles. The summed E-state index contributed by atoms with van der Waals surface area (Å²) in [7, 11) is 0. The van der Waals surface area contributed by atoms with Gasteiger partial charge in [0, 0.05) is 0 Å². The first kappa shape index (κ1) is 39.1. The Bertz CT molecular complexity index is 1730. The Morgan fingerprint density at radius 2 is 0.771 bits per heavy atom. The summed E-state index contributed by atoms with van der Waals surface area (Å²) in [6, 6.07) is 34.9. The molecule has 48 heavy (non-hydrogen) atoms. The fourth-order valence-electron chi connectivity index (χ4n) is 7.04. The van der Waals surface area contributed by atoms with Crippen LogP contribution >= 0.6 is 0 Å². The van der Waals surface area contributed by atoms with E-state index in [0.717, 1.165) is 46.3 Å². The quantitative estimate of drug-likeness (QED) is 0.172. The molecule has 0 fully saturated rings. The summed E-state index contributed by atoms with van der Waals surface area (Å²) in [5.41, 5.74) is 8.51. The zero-order chi connectivity index (χ0) is 33.3. The summed E-state index contributed by atoms with van der Waals surface area (Å²) in [4.78, 5) is 3.45. The first-order valence-corrected chi connectivity index (χ1v) is 16.2. The van der Waals surface area contributed by atoms with Crippen LogP contribution in [0.2, 0.25) is 0 Å². The van der Waals surface area contributed by atoms with Crippen molar-refractivity contribution in [3.05, 3.63) is 108 Å². The van der Waals surface area contributed by atoms with E-state index >= 15 is 0 Å². The average molecular weight is 841 g/mol. The van der Waals surface area contributed by atoms with Crippen LogP contribution in [0, 0.1) is 23.0 Å². The van der Waals surface area contributed by atoms with Gasteiger partial charge in [-0.2, -0.15) is 78.5 Å². The predicted molar refractivity (Wildman–Crippen MR) is 190 cm³/mol. The summed E-state index contributed by atoms with van der Waals surface area (Å²) in [5, 5.41) is 18.5. The van der Waals surface area contributed by atoms with E-state index in [1.807, 2.05) is 72.8 Å². The number of hydrogen-bond acceptors (Lipinski definition) is 4. The molecule has 0 N–H and O–H groups in total. The van der Waals surface area contributed by atoms with Gasteiger partial charge in [-0.25, -0.2) is 0 Å². The molecule has 6 rings (SSSR count). The van der Waals surface area contributed by atoms with Crippen molar-refractivity contribution < 1.29 is 32.5 Å². The molecule has 4 aromatic carbocycles. The van der Waals surface area contributed by atoms with Crippen molar-refractivity contribution in [1.29, 1.82) is 0 Å². The summed E-state index contributed by atoms with van der Waals surface area (Å²) in [5.74, 6) is 0. The van der Waals surface area contributed by atoms with Crippen LogP contribution in [0.3, 0.4) is 0 Å². The molecule has 0 aliphatic heterocycles. The van der Waals surface area contributed by atoms with Crippen molar-refractivity contribution >= 4 is 22.1 Å². The smallest absolute Gasteiger partial charge is 1.00 e. The summed E-state index contributed by atoms with van der Waals surface area (Å²) >= 11 is 0. The fraction of sp³-hybridized carbons (Fsp3) is 0.400. The van der Waals surface area contributed by atoms with Gasteiger partial charge in [-0.3, -0.25) is 0 Å². The van der Waals surface area contributed by atoms with E-state index in [1.54, 1.807) is 9.59 Å². The van der Waals surface area contributed by atoms with Crippen molar-refractivity contribution in [2.75, 3.05) is 0 Å². The maximum atomic E-state index is 4.63. The van der Waals surface area contributed by atoms with E-state index in [4.69, 9.17) is 0 Å². The maximum Gasteiger partial charge on any atom is 3.00 e. The third kappa shape index (κ3) is 9.40. The van der Waals surface area contributed by atoms with Gasteiger partial charge in [-0.05, 0) is 59.3 Å². The minimum absolute atomic E-state index is 0. The molecule has 0 radical (unpaired) electrons. The zero-order valence-electron chi connectivity index (χ0n) is 29.9. The van der Waals surface area contributed by atoms with Crippen LogP contribution in [0.5, 0.6) is 0 Å². The van der Waals surface area contributed by atoms with Crippen molar-refractivity contribution in [1.82, 2.24) is 30.0 Å². The Kier molecular flexibility index (Phi) is 12.2. The van der Waals surface area contributed by atoms with E-state index < -0.39 is 0 Å². The SMILES string of the molecule is CC(C)(C)CC(C)(C)c1ccc[c-]c1-n1nc2ccccc2n1.CC(C)(C)CC(C)(C)c1ccc[c-]c1-n1nc2ccccc2n1.[Cl-].[Ir+3]. The van der Waals surface area contributed by atoms with Crippen LogP contribution in [0.1, 0.15) is 93.2 Å². The molecule has 6 nitrogen and oxygen atoms in total. The molecular formula is C40H48ClIrN6. The average Bonchev–Trinajstić information content (AvgIpc) is 3.60.